The lowest BCUT2D eigenvalue weighted by molar-refractivity contribution is -0.118. The third kappa shape index (κ3) is 3.52. The smallest absolute Gasteiger partial charge is 0.229 e. The summed E-state index contributed by atoms with van der Waals surface area (Å²) >= 11 is 6.52. The molecule has 0 unspecified atom stereocenters. The fraction of sp³-hybridized carbons (Fsp3) is 0.381. The number of rotatable bonds is 4. The summed E-state index contributed by atoms with van der Waals surface area (Å²) in [5.74, 6) is 1.43. The Kier molecular flexibility index (Phi) is 5.08. The molecule has 0 N–H and O–H groups in total. The van der Waals surface area contributed by atoms with Crippen molar-refractivity contribution in [1.29, 1.82) is 0 Å². The van der Waals surface area contributed by atoms with Crippen molar-refractivity contribution < 1.29 is 4.79 Å². The Morgan fingerprint density at radius 3 is 2.27 bits per heavy atom. The molecule has 0 radical (unpaired) electrons. The van der Waals surface area contributed by atoms with Crippen molar-refractivity contribution in [1.82, 2.24) is 24.8 Å². The van der Waals surface area contributed by atoms with Gasteiger partial charge < -0.3 is 14.7 Å². The largest absolute Gasteiger partial charge is 0.355 e. The van der Waals surface area contributed by atoms with Crippen LogP contribution in [-0.4, -0.2) is 70.5 Å². The Balaban J connectivity index is 1.62. The summed E-state index contributed by atoms with van der Waals surface area (Å²) in [6.45, 7) is 4.57. The van der Waals surface area contributed by atoms with Gasteiger partial charge in [-0.1, -0.05) is 41.9 Å². The second-order valence-electron chi connectivity index (χ2n) is 7.57. The van der Waals surface area contributed by atoms with E-state index in [2.05, 4.69) is 14.8 Å². The van der Waals surface area contributed by atoms with Gasteiger partial charge in [-0.3, -0.25) is 4.79 Å². The summed E-state index contributed by atoms with van der Waals surface area (Å²) in [6.07, 6.45) is 3.15. The van der Waals surface area contributed by atoms with Crippen LogP contribution in [0.2, 0.25) is 5.15 Å². The van der Waals surface area contributed by atoms with Gasteiger partial charge in [-0.2, -0.15) is 9.97 Å². The molecule has 2 fully saturated rings. The summed E-state index contributed by atoms with van der Waals surface area (Å²) in [5.41, 5.74) is 2.74. The van der Waals surface area contributed by atoms with Crippen LogP contribution >= 0.6 is 11.6 Å². The zero-order valence-electron chi connectivity index (χ0n) is 16.5. The monoisotopic (exact) mass is 423 g/mol. The second-order valence-corrected chi connectivity index (χ2v) is 7.93. The van der Waals surface area contributed by atoms with E-state index >= 15 is 0 Å². The van der Waals surface area contributed by atoms with E-state index in [-0.39, 0.29) is 0 Å². The first-order valence-electron chi connectivity index (χ1n) is 10.2. The number of fused-ring (bicyclic) bond motifs is 1. The van der Waals surface area contributed by atoms with Gasteiger partial charge in [-0.25, -0.2) is 9.97 Å². The average Bonchev–Trinajstić information content (AvgIpc) is 3.33. The number of anilines is 2. The molecule has 30 heavy (non-hydrogen) atoms. The van der Waals surface area contributed by atoms with E-state index in [0.717, 1.165) is 43.7 Å². The van der Waals surface area contributed by atoms with Crippen LogP contribution in [0.25, 0.3) is 22.4 Å². The molecule has 2 saturated heterocycles. The minimum Gasteiger partial charge on any atom is -0.355 e. The highest BCUT2D eigenvalue weighted by molar-refractivity contribution is 6.32. The molecule has 9 heteroatoms. The number of carbonyl (C=O) groups is 1. The molecule has 0 aliphatic carbocycles. The topological polar surface area (TPSA) is 78.4 Å². The molecule has 2 aliphatic heterocycles. The number of carbonyl (C=O) groups excluding carboxylic acids is 1. The van der Waals surface area contributed by atoms with Crippen molar-refractivity contribution in [2.24, 2.45) is 0 Å². The van der Waals surface area contributed by atoms with Gasteiger partial charge in [0, 0.05) is 44.8 Å². The molecule has 0 saturated carbocycles. The van der Waals surface area contributed by atoms with E-state index in [1.54, 1.807) is 4.90 Å². The van der Waals surface area contributed by atoms with Crippen LogP contribution in [0, 0.1) is 0 Å². The van der Waals surface area contributed by atoms with E-state index in [9.17, 15) is 4.79 Å². The summed E-state index contributed by atoms with van der Waals surface area (Å²) < 4.78 is 0. The average molecular weight is 424 g/mol. The number of hydrogen-bond donors (Lipinski definition) is 0. The maximum absolute atomic E-state index is 11.0. The van der Waals surface area contributed by atoms with Crippen molar-refractivity contribution in [3.63, 3.8) is 0 Å². The van der Waals surface area contributed by atoms with Gasteiger partial charge in [-0.05, 0) is 12.8 Å². The number of hydrogen-bond acceptors (Lipinski definition) is 7. The molecule has 0 bridgehead atoms. The zero-order chi connectivity index (χ0) is 20.5. The van der Waals surface area contributed by atoms with Crippen molar-refractivity contribution in [2.45, 2.75) is 12.8 Å². The number of halogens is 1. The molecule has 1 aromatic carbocycles. The van der Waals surface area contributed by atoms with E-state index in [1.165, 1.54) is 0 Å². The van der Waals surface area contributed by atoms with Gasteiger partial charge in [-0.15, -0.1) is 0 Å². The van der Waals surface area contributed by atoms with Crippen LogP contribution in [-0.2, 0) is 4.79 Å². The van der Waals surface area contributed by atoms with Crippen molar-refractivity contribution in [2.75, 3.05) is 49.1 Å². The standard InChI is InChI=1S/C21H22ClN7O/c22-18-16(15-6-2-1-3-7-15)23-17-19(24-18)25-21(26-20(17)28-8-4-5-9-28)29-12-10-27(14-30)11-13-29/h1-3,6-7,14H,4-5,8-13H2. The first-order valence-corrected chi connectivity index (χ1v) is 10.6. The maximum Gasteiger partial charge on any atom is 0.229 e. The molecular formula is C21H22ClN7O. The Morgan fingerprint density at radius 2 is 1.57 bits per heavy atom. The van der Waals surface area contributed by atoms with Gasteiger partial charge in [0.25, 0.3) is 0 Å². The summed E-state index contributed by atoms with van der Waals surface area (Å²) in [7, 11) is 0. The third-order valence-corrected chi connectivity index (χ3v) is 5.92. The minimum atomic E-state index is 0.330. The van der Waals surface area contributed by atoms with Crippen LogP contribution < -0.4 is 9.80 Å². The molecule has 0 spiro atoms. The highest BCUT2D eigenvalue weighted by Crippen LogP contribution is 2.32. The Morgan fingerprint density at radius 1 is 0.833 bits per heavy atom. The zero-order valence-corrected chi connectivity index (χ0v) is 17.3. The van der Waals surface area contributed by atoms with Gasteiger partial charge in [0.15, 0.2) is 22.1 Å². The lowest BCUT2D eigenvalue weighted by Crippen LogP contribution is -2.46. The van der Waals surface area contributed by atoms with Crippen LogP contribution in [0.4, 0.5) is 11.8 Å². The van der Waals surface area contributed by atoms with Crippen LogP contribution in [0.1, 0.15) is 12.8 Å². The van der Waals surface area contributed by atoms with Gasteiger partial charge in [0.1, 0.15) is 5.69 Å². The van der Waals surface area contributed by atoms with Crippen LogP contribution in [0.3, 0.4) is 0 Å². The lowest BCUT2D eigenvalue weighted by Gasteiger charge is -2.33. The molecule has 3 aromatic rings. The molecule has 1 amide bonds. The summed E-state index contributed by atoms with van der Waals surface area (Å²) in [6, 6.07) is 9.81. The van der Waals surface area contributed by atoms with Gasteiger partial charge >= 0.3 is 0 Å². The molecular weight excluding hydrogens is 402 g/mol. The first-order chi connectivity index (χ1) is 14.7. The predicted octanol–water partition coefficient (Wildman–Crippen LogP) is 2.62. The van der Waals surface area contributed by atoms with Crippen LogP contribution in [0.5, 0.6) is 0 Å². The molecule has 2 aromatic heterocycles. The van der Waals surface area contributed by atoms with E-state index in [1.807, 2.05) is 30.3 Å². The fourth-order valence-corrected chi connectivity index (χ4v) is 4.23. The molecule has 0 atom stereocenters. The molecule has 5 rings (SSSR count). The first kappa shape index (κ1) is 19.0. The quantitative estimate of drug-likeness (QED) is 0.597. The Hall–Kier alpha value is -3.00. The lowest BCUT2D eigenvalue weighted by atomic mass is 10.1. The molecule has 2 aliphatic rings. The van der Waals surface area contributed by atoms with E-state index < -0.39 is 0 Å². The number of amides is 1. The number of benzene rings is 1. The number of piperazine rings is 1. The number of aromatic nitrogens is 4. The summed E-state index contributed by atoms with van der Waals surface area (Å²) in [5, 5.41) is 0.330. The van der Waals surface area contributed by atoms with E-state index in [4.69, 9.17) is 26.6 Å². The van der Waals surface area contributed by atoms with Gasteiger partial charge in [0.05, 0.1) is 0 Å². The highest BCUT2D eigenvalue weighted by Gasteiger charge is 2.25. The van der Waals surface area contributed by atoms with Crippen molar-refractivity contribution in [3.05, 3.63) is 35.5 Å². The Bertz CT molecular complexity index is 1060. The predicted molar refractivity (Wildman–Crippen MR) is 117 cm³/mol. The van der Waals surface area contributed by atoms with Gasteiger partial charge in [0.2, 0.25) is 12.4 Å². The SMILES string of the molecule is O=CN1CCN(c2nc(N3CCCC3)c3nc(-c4ccccc4)c(Cl)nc3n2)CC1. The Labute approximate surface area is 179 Å². The second kappa shape index (κ2) is 8.02. The normalized spacial score (nSPS) is 17.0. The maximum atomic E-state index is 11.0. The molecule has 4 heterocycles. The van der Waals surface area contributed by atoms with E-state index in [0.29, 0.717) is 54.1 Å². The van der Waals surface area contributed by atoms with Crippen molar-refractivity contribution >= 4 is 40.9 Å². The van der Waals surface area contributed by atoms with Crippen LogP contribution in [0.15, 0.2) is 30.3 Å². The minimum absolute atomic E-state index is 0.330. The summed E-state index contributed by atoms with van der Waals surface area (Å²) in [4.78, 5) is 36.2. The fourth-order valence-electron chi connectivity index (χ4n) is 4.00. The third-order valence-electron chi connectivity index (χ3n) is 5.66. The van der Waals surface area contributed by atoms with Crippen molar-refractivity contribution in [3.8, 4) is 11.3 Å². The molecule has 154 valence electrons. The molecule has 8 nitrogen and oxygen atoms in total. The number of nitrogens with zero attached hydrogens (tertiary/aromatic N) is 7. The highest BCUT2D eigenvalue weighted by atomic mass is 35.5.